The van der Waals surface area contributed by atoms with Gasteiger partial charge in [0, 0.05) is 12.8 Å². The Morgan fingerprint density at radius 2 is 2.00 bits per heavy atom. The molecule has 0 spiro atoms. The largest absolute Gasteiger partial charge is 0.344 e. The summed E-state index contributed by atoms with van der Waals surface area (Å²) in [5.41, 5.74) is 0.939. The summed E-state index contributed by atoms with van der Waals surface area (Å²) in [6.07, 6.45) is 0.656. The highest BCUT2D eigenvalue weighted by Crippen LogP contribution is 2.22. The number of halogens is 1. The van der Waals surface area contributed by atoms with Crippen molar-refractivity contribution in [2.75, 3.05) is 11.5 Å². The first-order chi connectivity index (χ1) is 12.2. The van der Waals surface area contributed by atoms with E-state index in [0.717, 1.165) is 10.6 Å². The van der Waals surface area contributed by atoms with Crippen molar-refractivity contribution in [3.8, 4) is 0 Å². The summed E-state index contributed by atoms with van der Waals surface area (Å²) < 4.78 is 36.3. The van der Waals surface area contributed by atoms with Crippen LogP contribution >= 0.6 is 0 Å². The Hall–Kier alpha value is -2.29. The summed E-state index contributed by atoms with van der Waals surface area (Å²) >= 11 is 0. The molecule has 0 aromatic heterocycles. The van der Waals surface area contributed by atoms with Gasteiger partial charge in [-0.3, -0.25) is 9.59 Å². The zero-order chi connectivity index (χ0) is 18.9. The van der Waals surface area contributed by atoms with E-state index in [4.69, 9.17) is 0 Å². The van der Waals surface area contributed by atoms with Crippen molar-refractivity contribution < 1.29 is 22.4 Å². The van der Waals surface area contributed by atoms with Gasteiger partial charge in [0.2, 0.25) is 5.91 Å². The average Bonchev–Trinajstić information content (AvgIpc) is 2.95. The van der Waals surface area contributed by atoms with Gasteiger partial charge in [0.05, 0.1) is 23.6 Å². The van der Waals surface area contributed by atoms with Crippen LogP contribution < -0.4 is 5.32 Å². The molecule has 0 bridgehead atoms. The van der Waals surface area contributed by atoms with Gasteiger partial charge in [-0.1, -0.05) is 12.1 Å². The van der Waals surface area contributed by atoms with Crippen LogP contribution in [0.25, 0.3) is 0 Å². The van der Waals surface area contributed by atoms with Crippen molar-refractivity contribution in [1.82, 2.24) is 10.3 Å². The van der Waals surface area contributed by atoms with Crippen LogP contribution in [0.2, 0.25) is 0 Å². The molecule has 140 valence electrons. The average molecular weight is 381 g/mol. The van der Waals surface area contributed by atoms with Gasteiger partial charge >= 0.3 is 0 Å². The van der Waals surface area contributed by atoms with Crippen LogP contribution in [0.3, 0.4) is 0 Å². The summed E-state index contributed by atoms with van der Waals surface area (Å²) in [6.45, 7) is 1.76. The number of sulfone groups is 1. The summed E-state index contributed by atoms with van der Waals surface area (Å²) in [7, 11) is -3.16. The predicted molar refractivity (Wildman–Crippen MR) is 93.5 cm³/mol. The molecule has 0 radical (unpaired) electrons. The number of amides is 2. The van der Waals surface area contributed by atoms with E-state index in [1.165, 1.54) is 12.1 Å². The van der Waals surface area contributed by atoms with Crippen LogP contribution in [0, 0.1) is 5.82 Å². The molecule has 2 aliphatic rings. The van der Waals surface area contributed by atoms with E-state index in [1.807, 2.05) is 0 Å². The molecule has 2 aliphatic heterocycles. The fraction of sp³-hybridized carbons (Fsp3) is 0.471. The SMILES string of the molecule is CC(NC(=O)C1=NN(C2CCS(=O)(=O)C2)C(=O)CC1)c1ccc(F)cc1. The van der Waals surface area contributed by atoms with Crippen LogP contribution in [0.15, 0.2) is 29.4 Å². The first-order valence-electron chi connectivity index (χ1n) is 8.41. The minimum atomic E-state index is -3.16. The van der Waals surface area contributed by atoms with Gasteiger partial charge < -0.3 is 5.32 Å². The second-order valence-corrected chi connectivity index (χ2v) is 8.82. The summed E-state index contributed by atoms with van der Waals surface area (Å²) in [4.78, 5) is 24.6. The number of nitrogens with zero attached hydrogens (tertiary/aromatic N) is 2. The highest BCUT2D eigenvalue weighted by molar-refractivity contribution is 7.91. The molecular formula is C17H20FN3O4S. The lowest BCUT2D eigenvalue weighted by Gasteiger charge is -2.28. The Balaban J connectivity index is 1.71. The molecule has 26 heavy (non-hydrogen) atoms. The molecule has 2 heterocycles. The van der Waals surface area contributed by atoms with Crippen LogP contribution in [-0.2, 0) is 19.4 Å². The van der Waals surface area contributed by atoms with E-state index in [0.29, 0.717) is 6.42 Å². The molecule has 2 amide bonds. The predicted octanol–water partition coefficient (Wildman–Crippen LogP) is 1.17. The van der Waals surface area contributed by atoms with Crippen molar-refractivity contribution in [3.05, 3.63) is 35.6 Å². The van der Waals surface area contributed by atoms with Crippen molar-refractivity contribution in [1.29, 1.82) is 0 Å². The fourth-order valence-corrected chi connectivity index (χ4v) is 4.79. The number of benzene rings is 1. The molecule has 2 unspecified atom stereocenters. The smallest absolute Gasteiger partial charge is 0.267 e. The van der Waals surface area contributed by atoms with E-state index < -0.39 is 21.8 Å². The number of hydrogen-bond acceptors (Lipinski definition) is 5. The van der Waals surface area contributed by atoms with E-state index in [-0.39, 0.29) is 47.8 Å². The van der Waals surface area contributed by atoms with E-state index >= 15 is 0 Å². The maximum absolute atomic E-state index is 13.0. The topological polar surface area (TPSA) is 95.9 Å². The molecular weight excluding hydrogens is 361 g/mol. The molecule has 0 aliphatic carbocycles. The van der Waals surface area contributed by atoms with Gasteiger partial charge in [0.15, 0.2) is 9.84 Å². The lowest BCUT2D eigenvalue weighted by atomic mass is 10.1. The lowest BCUT2D eigenvalue weighted by molar-refractivity contribution is -0.133. The second-order valence-electron chi connectivity index (χ2n) is 6.59. The van der Waals surface area contributed by atoms with Gasteiger partial charge in [-0.2, -0.15) is 5.10 Å². The Morgan fingerprint density at radius 1 is 1.31 bits per heavy atom. The molecule has 7 nitrogen and oxygen atoms in total. The van der Waals surface area contributed by atoms with Gasteiger partial charge in [-0.25, -0.2) is 17.8 Å². The highest BCUT2D eigenvalue weighted by Gasteiger charge is 2.37. The Labute approximate surface area is 151 Å². The third kappa shape index (κ3) is 4.09. The summed E-state index contributed by atoms with van der Waals surface area (Å²) in [5.74, 6) is -1.14. The normalized spacial score (nSPS) is 23.5. The molecule has 2 atom stereocenters. The molecule has 1 aromatic rings. The Morgan fingerprint density at radius 3 is 2.62 bits per heavy atom. The number of hydrazone groups is 1. The minimum absolute atomic E-state index is 0.0279. The molecule has 1 aromatic carbocycles. The third-order valence-electron chi connectivity index (χ3n) is 4.59. The molecule has 3 rings (SSSR count). The number of carbonyl (C=O) groups is 2. The van der Waals surface area contributed by atoms with Gasteiger partial charge in [-0.15, -0.1) is 0 Å². The highest BCUT2D eigenvalue weighted by atomic mass is 32.2. The molecule has 1 saturated heterocycles. The van der Waals surface area contributed by atoms with Crippen molar-refractivity contribution in [3.63, 3.8) is 0 Å². The molecule has 0 saturated carbocycles. The number of hydrogen-bond donors (Lipinski definition) is 1. The van der Waals surface area contributed by atoms with Crippen LogP contribution in [-0.4, -0.2) is 48.5 Å². The maximum atomic E-state index is 13.0. The number of nitrogens with one attached hydrogen (secondary N) is 1. The first kappa shape index (κ1) is 18.5. The van der Waals surface area contributed by atoms with Crippen LogP contribution in [0.1, 0.15) is 37.8 Å². The van der Waals surface area contributed by atoms with E-state index in [9.17, 15) is 22.4 Å². The van der Waals surface area contributed by atoms with Gasteiger partial charge in [-0.05, 0) is 31.0 Å². The van der Waals surface area contributed by atoms with E-state index in [1.54, 1.807) is 19.1 Å². The number of rotatable bonds is 4. The monoisotopic (exact) mass is 381 g/mol. The Bertz CT molecular complexity index is 851. The van der Waals surface area contributed by atoms with Crippen molar-refractivity contribution in [2.24, 2.45) is 5.10 Å². The maximum Gasteiger partial charge on any atom is 0.267 e. The molecule has 1 fully saturated rings. The number of carbonyl (C=O) groups excluding carboxylic acids is 2. The zero-order valence-electron chi connectivity index (χ0n) is 14.3. The van der Waals surface area contributed by atoms with Crippen LogP contribution in [0.5, 0.6) is 0 Å². The fourth-order valence-electron chi connectivity index (χ4n) is 3.10. The first-order valence-corrected chi connectivity index (χ1v) is 10.2. The van der Waals surface area contributed by atoms with Crippen molar-refractivity contribution >= 4 is 27.4 Å². The van der Waals surface area contributed by atoms with Gasteiger partial charge in [0.25, 0.3) is 5.91 Å². The summed E-state index contributed by atoms with van der Waals surface area (Å²) in [6, 6.07) is 4.94. The quantitative estimate of drug-likeness (QED) is 0.847. The minimum Gasteiger partial charge on any atom is -0.344 e. The Kier molecular flexibility index (Phi) is 5.08. The summed E-state index contributed by atoms with van der Waals surface area (Å²) in [5, 5.41) is 8.07. The second kappa shape index (κ2) is 7.14. The standard InChI is InChI=1S/C17H20FN3O4S/c1-11(12-2-4-13(18)5-3-12)19-17(23)15-6-7-16(22)21(20-15)14-8-9-26(24,25)10-14/h2-5,11,14H,6-10H2,1H3,(H,19,23). The molecule has 9 heteroatoms. The molecule has 1 N–H and O–H groups in total. The third-order valence-corrected chi connectivity index (χ3v) is 6.34. The zero-order valence-corrected chi connectivity index (χ0v) is 15.1. The van der Waals surface area contributed by atoms with Crippen LogP contribution in [0.4, 0.5) is 4.39 Å². The van der Waals surface area contributed by atoms with E-state index in [2.05, 4.69) is 10.4 Å². The lowest BCUT2D eigenvalue weighted by Crippen LogP contribution is -2.44. The van der Waals surface area contributed by atoms with Gasteiger partial charge in [0.1, 0.15) is 11.5 Å². The van der Waals surface area contributed by atoms with Crippen molar-refractivity contribution in [2.45, 2.75) is 38.3 Å².